The maximum Gasteiger partial charge on any atom is 0.350 e. The van der Waals surface area contributed by atoms with E-state index in [4.69, 9.17) is 33.5 Å². The Morgan fingerprint density at radius 1 is 0.816 bits per heavy atom. The number of rotatable bonds is 17. The quantitative estimate of drug-likeness (QED) is 0.127. The Morgan fingerprint density at radius 2 is 1.43 bits per heavy atom. The number of aliphatic hydroxyl groups excluding tert-OH is 1. The minimum Gasteiger partial charge on any atom is -0.463 e. The lowest BCUT2D eigenvalue weighted by Gasteiger charge is -2.59. The molecule has 0 spiro atoms. The molecule has 12 nitrogen and oxygen atoms in total. The molecule has 4 aliphatic carbocycles. The first-order valence-corrected chi connectivity index (χ1v) is 18.0. The lowest BCUT2D eigenvalue weighted by atomic mass is 9.50. The summed E-state index contributed by atoms with van der Waals surface area (Å²) in [6.07, 6.45) is 4.89. The first-order valence-electron chi connectivity index (χ1n) is 18.0. The van der Waals surface area contributed by atoms with Gasteiger partial charge in [0.15, 0.2) is 0 Å². The van der Waals surface area contributed by atoms with Crippen molar-refractivity contribution in [1.82, 2.24) is 0 Å². The SMILES string of the molecule is CCC(C)(CC(C)(CC(C)(C)C(=O)OCCOCCO)C(=O)OC(C)(C)C(=O)OC1CCOC1=O)C(=O)OC1(C)C2CC3CC(C2)CC1C3. The van der Waals surface area contributed by atoms with Gasteiger partial charge in [0.25, 0.3) is 0 Å². The normalized spacial score (nSPS) is 30.1. The molecule has 1 N–H and O–H groups in total. The van der Waals surface area contributed by atoms with E-state index in [-0.39, 0.29) is 58.3 Å². The Morgan fingerprint density at radius 3 is 1.96 bits per heavy atom. The van der Waals surface area contributed by atoms with E-state index in [9.17, 15) is 24.0 Å². The molecule has 1 heterocycles. The van der Waals surface area contributed by atoms with Crippen LogP contribution in [-0.2, 0) is 52.4 Å². The van der Waals surface area contributed by atoms with E-state index in [1.54, 1.807) is 27.7 Å². The number of cyclic esters (lactones) is 1. The highest BCUT2D eigenvalue weighted by Gasteiger charge is 2.59. The number of ether oxygens (including phenoxy) is 6. The van der Waals surface area contributed by atoms with Crippen molar-refractivity contribution in [2.24, 2.45) is 39.9 Å². The summed E-state index contributed by atoms with van der Waals surface area (Å²) in [7, 11) is 0. The standard InChI is InChI=1S/C37H58O12/c1-9-35(6,31(42)49-37(8)25-17-23-16-24(19-25)20-26(37)18-23)22-36(7,21-33(2,3)29(40)46-15-14-44-13-11-38)32(43)48-34(4,5)30(41)47-27-10-12-45-28(27)39/h23-27,38H,9-22H2,1-8H3. The molecule has 4 bridgehead atoms. The summed E-state index contributed by atoms with van der Waals surface area (Å²) in [6.45, 7) is 13.6. The van der Waals surface area contributed by atoms with E-state index in [2.05, 4.69) is 6.92 Å². The molecular formula is C37H58O12. The van der Waals surface area contributed by atoms with Gasteiger partial charge in [-0.1, -0.05) is 6.92 Å². The van der Waals surface area contributed by atoms with E-state index in [1.165, 1.54) is 20.3 Å². The molecule has 0 amide bonds. The summed E-state index contributed by atoms with van der Waals surface area (Å²) < 4.78 is 33.3. The van der Waals surface area contributed by atoms with Crippen molar-refractivity contribution >= 4 is 29.8 Å². The summed E-state index contributed by atoms with van der Waals surface area (Å²) in [5.74, 6) is -1.33. The first kappa shape index (κ1) is 39.1. The van der Waals surface area contributed by atoms with Crippen LogP contribution in [0.1, 0.15) is 113 Å². The molecule has 3 atom stereocenters. The molecule has 0 aromatic rings. The monoisotopic (exact) mass is 694 g/mol. The van der Waals surface area contributed by atoms with Crippen LogP contribution < -0.4 is 0 Å². The van der Waals surface area contributed by atoms with Gasteiger partial charge in [-0.05, 0) is 124 Å². The summed E-state index contributed by atoms with van der Waals surface area (Å²) >= 11 is 0. The fraction of sp³-hybridized carbons (Fsp3) is 0.865. The van der Waals surface area contributed by atoms with Crippen LogP contribution in [0.4, 0.5) is 0 Å². The average molecular weight is 695 g/mol. The van der Waals surface area contributed by atoms with Crippen LogP contribution in [0.2, 0.25) is 0 Å². The number of aliphatic hydroxyl groups is 1. The molecule has 5 fully saturated rings. The fourth-order valence-corrected chi connectivity index (χ4v) is 8.87. The van der Waals surface area contributed by atoms with Crippen molar-refractivity contribution in [1.29, 1.82) is 0 Å². The molecule has 5 rings (SSSR count). The minimum atomic E-state index is -1.80. The maximum absolute atomic E-state index is 14.3. The smallest absolute Gasteiger partial charge is 0.350 e. The van der Waals surface area contributed by atoms with Crippen LogP contribution >= 0.6 is 0 Å². The minimum absolute atomic E-state index is 0.0266. The number of hydrogen-bond acceptors (Lipinski definition) is 12. The summed E-state index contributed by atoms with van der Waals surface area (Å²) in [4.78, 5) is 67.1. The highest BCUT2D eigenvalue weighted by atomic mass is 16.6. The molecule has 49 heavy (non-hydrogen) atoms. The van der Waals surface area contributed by atoms with Crippen LogP contribution in [0.25, 0.3) is 0 Å². The van der Waals surface area contributed by atoms with Gasteiger partial charge in [-0.2, -0.15) is 0 Å². The molecule has 278 valence electrons. The average Bonchev–Trinajstić information content (AvgIpc) is 3.42. The van der Waals surface area contributed by atoms with Gasteiger partial charge in [0.05, 0.1) is 42.7 Å². The zero-order chi connectivity index (χ0) is 36.4. The zero-order valence-corrected chi connectivity index (χ0v) is 30.7. The molecule has 1 aliphatic heterocycles. The van der Waals surface area contributed by atoms with Gasteiger partial charge in [0.1, 0.15) is 12.2 Å². The third-order valence-corrected chi connectivity index (χ3v) is 11.7. The lowest BCUT2D eigenvalue weighted by Crippen LogP contribution is -2.59. The summed E-state index contributed by atoms with van der Waals surface area (Å²) in [6, 6.07) is 0. The number of esters is 5. The van der Waals surface area contributed by atoms with E-state index in [1.807, 2.05) is 6.92 Å². The van der Waals surface area contributed by atoms with Gasteiger partial charge in [0.2, 0.25) is 11.7 Å². The second-order valence-electron chi connectivity index (χ2n) is 16.8. The number of hydrogen-bond donors (Lipinski definition) is 1. The Labute approximate surface area is 290 Å². The van der Waals surface area contributed by atoms with Crippen LogP contribution in [0.15, 0.2) is 0 Å². The first-order chi connectivity index (χ1) is 22.8. The van der Waals surface area contributed by atoms with Crippen molar-refractivity contribution in [2.45, 2.75) is 130 Å². The van der Waals surface area contributed by atoms with Crippen molar-refractivity contribution in [3.63, 3.8) is 0 Å². The molecule has 5 aliphatic rings. The molecule has 0 aromatic carbocycles. The van der Waals surface area contributed by atoms with E-state index < -0.39 is 57.4 Å². The molecule has 3 unspecified atom stereocenters. The fourth-order valence-electron chi connectivity index (χ4n) is 8.87. The Kier molecular flexibility index (Phi) is 11.8. The zero-order valence-electron chi connectivity index (χ0n) is 30.7. The topological polar surface area (TPSA) is 161 Å². The summed E-state index contributed by atoms with van der Waals surface area (Å²) in [5.41, 5.74) is -6.22. The molecule has 0 radical (unpaired) electrons. The highest BCUT2D eigenvalue weighted by molar-refractivity contribution is 5.88. The van der Waals surface area contributed by atoms with Gasteiger partial charge < -0.3 is 33.5 Å². The van der Waals surface area contributed by atoms with Crippen molar-refractivity contribution in [3.8, 4) is 0 Å². The number of carbonyl (C=O) groups is 5. The molecule has 0 aromatic heterocycles. The third kappa shape index (κ3) is 8.60. The van der Waals surface area contributed by atoms with Gasteiger partial charge in [0, 0.05) is 6.42 Å². The van der Waals surface area contributed by atoms with E-state index >= 15 is 0 Å². The largest absolute Gasteiger partial charge is 0.463 e. The van der Waals surface area contributed by atoms with Crippen molar-refractivity contribution < 1.29 is 57.5 Å². The Balaban J connectivity index is 1.56. The Hall–Kier alpha value is -2.73. The van der Waals surface area contributed by atoms with Crippen LogP contribution in [-0.4, -0.2) is 85.3 Å². The second-order valence-corrected chi connectivity index (χ2v) is 16.8. The van der Waals surface area contributed by atoms with Gasteiger partial charge in [-0.3, -0.25) is 14.4 Å². The summed E-state index contributed by atoms with van der Waals surface area (Å²) in [5, 5.41) is 8.93. The van der Waals surface area contributed by atoms with E-state index in [0.29, 0.717) is 30.1 Å². The van der Waals surface area contributed by atoms with Crippen LogP contribution in [0.5, 0.6) is 0 Å². The number of carbonyl (C=O) groups excluding carboxylic acids is 5. The van der Waals surface area contributed by atoms with Crippen molar-refractivity contribution in [3.05, 3.63) is 0 Å². The van der Waals surface area contributed by atoms with Gasteiger partial charge in [-0.15, -0.1) is 0 Å². The molecule has 12 heteroatoms. The van der Waals surface area contributed by atoms with Gasteiger partial charge >= 0.3 is 29.8 Å². The molecular weight excluding hydrogens is 636 g/mol. The third-order valence-electron chi connectivity index (χ3n) is 11.7. The lowest BCUT2D eigenvalue weighted by molar-refractivity contribution is -0.214. The molecule has 4 saturated carbocycles. The maximum atomic E-state index is 14.3. The van der Waals surface area contributed by atoms with Crippen LogP contribution in [0.3, 0.4) is 0 Å². The molecule has 1 saturated heterocycles. The predicted octanol–water partition coefficient (Wildman–Crippen LogP) is 4.71. The predicted molar refractivity (Wildman–Crippen MR) is 176 cm³/mol. The van der Waals surface area contributed by atoms with Gasteiger partial charge in [-0.25, -0.2) is 9.59 Å². The second kappa shape index (κ2) is 14.9. The van der Waals surface area contributed by atoms with Crippen LogP contribution in [0, 0.1) is 39.9 Å². The van der Waals surface area contributed by atoms with Crippen molar-refractivity contribution in [2.75, 3.05) is 33.0 Å². The highest BCUT2D eigenvalue weighted by Crippen LogP contribution is 2.60. The van der Waals surface area contributed by atoms with E-state index in [0.717, 1.165) is 25.7 Å². The Bertz CT molecular complexity index is 1230.